The van der Waals surface area contributed by atoms with E-state index < -0.39 is 21.1 Å². The monoisotopic (exact) mass is 372 g/mol. The van der Waals surface area contributed by atoms with E-state index in [4.69, 9.17) is 0 Å². The third-order valence-corrected chi connectivity index (χ3v) is 6.82. The number of nitrogens with zero attached hydrogens (tertiary/aromatic N) is 1. The Labute approximate surface area is 152 Å². The number of likely N-dealkylation sites (tertiary alicyclic amines) is 1. The summed E-state index contributed by atoms with van der Waals surface area (Å²) in [5.74, 6) is -0.378. The SMILES string of the molecule is O=CN1CCC(S(=O)(=O)c2ccccc2)C[C@H]1C(=O)Nc1ccccc1. The number of carbonyl (C=O) groups excluding carboxylic acids is 2. The van der Waals surface area contributed by atoms with Crippen molar-refractivity contribution < 1.29 is 18.0 Å². The zero-order chi connectivity index (χ0) is 18.6. The fraction of sp³-hybridized carbons (Fsp3) is 0.263. The summed E-state index contributed by atoms with van der Waals surface area (Å²) in [6.45, 7) is 0.229. The number of rotatable bonds is 5. The molecule has 0 aromatic heterocycles. The van der Waals surface area contributed by atoms with Crippen molar-refractivity contribution in [1.82, 2.24) is 4.90 Å². The van der Waals surface area contributed by atoms with E-state index in [1.54, 1.807) is 54.6 Å². The summed E-state index contributed by atoms with van der Waals surface area (Å²) >= 11 is 0. The maximum atomic E-state index is 12.9. The van der Waals surface area contributed by atoms with Crippen molar-refractivity contribution >= 4 is 27.8 Å². The molecular weight excluding hydrogens is 352 g/mol. The minimum Gasteiger partial charge on any atom is -0.333 e. The molecule has 2 aromatic rings. The van der Waals surface area contributed by atoms with Crippen LogP contribution in [-0.2, 0) is 19.4 Å². The number of amides is 2. The Kier molecular flexibility index (Phi) is 5.37. The van der Waals surface area contributed by atoms with Crippen molar-refractivity contribution in [3.8, 4) is 0 Å². The van der Waals surface area contributed by atoms with Crippen LogP contribution in [-0.4, -0.2) is 43.5 Å². The van der Waals surface area contributed by atoms with Gasteiger partial charge in [-0.15, -0.1) is 0 Å². The molecule has 0 bridgehead atoms. The number of carbonyl (C=O) groups is 2. The first kappa shape index (κ1) is 18.1. The number of hydrogen-bond donors (Lipinski definition) is 1. The Hall–Kier alpha value is -2.67. The Bertz CT molecular complexity index is 869. The zero-order valence-electron chi connectivity index (χ0n) is 14.1. The van der Waals surface area contributed by atoms with Gasteiger partial charge in [0.15, 0.2) is 9.84 Å². The van der Waals surface area contributed by atoms with Gasteiger partial charge in [-0.2, -0.15) is 0 Å². The lowest BCUT2D eigenvalue weighted by Crippen LogP contribution is -2.51. The van der Waals surface area contributed by atoms with E-state index in [-0.39, 0.29) is 23.8 Å². The van der Waals surface area contributed by atoms with E-state index in [9.17, 15) is 18.0 Å². The van der Waals surface area contributed by atoms with E-state index in [1.165, 1.54) is 4.90 Å². The Morgan fingerprint density at radius 1 is 1.04 bits per heavy atom. The highest BCUT2D eigenvalue weighted by atomic mass is 32.2. The van der Waals surface area contributed by atoms with Crippen LogP contribution in [0.4, 0.5) is 5.69 Å². The van der Waals surface area contributed by atoms with Crippen molar-refractivity contribution in [2.24, 2.45) is 0 Å². The lowest BCUT2D eigenvalue weighted by atomic mass is 10.0. The van der Waals surface area contributed by atoms with Gasteiger partial charge in [0.25, 0.3) is 0 Å². The molecule has 0 saturated carbocycles. The van der Waals surface area contributed by atoms with Gasteiger partial charge in [0.05, 0.1) is 10.1 Å². The highest BCUT2D eigenvalue weighted by Gasteiger charge is 2.39. The van der Waals surface area contributed by atoms with Crippen LogP contribution in [0.1, 0.15) is 12.8 Å². The van der Waals surface area contributed by atoms with E-state index in [1.807, 2.05) is 6.07 Å². The summed E-state index contributed by atoms with van der Waals surface area (Å²) in [4.78, 5) is 25.6. The van der Waals surface area contributed by atoms with Crippen molar-refractivity contribution in [3.05, 3.63) is 60.7 Å². The predicted octanol–water partition coefficient (Wildman–Crippen LogP) is 2.09. The van der Waals surface area contributed by atoms with Gasteiger partial charge < -0.3 is 10.2 Å². The van der Waals surface area contributed by atoms with Gasteiger partial charge in [0, 0.05) is 12.2 Å². The lowest BCUT2D eigenvalue weighted by Gasteiger charge is -2.35. The Balaban J connectivity index is 1.80. The third kappa shape index (κ3) is 3.77. The lowest BCUT2D eigenvalue weighted by molar-refractivity contribution is -0.131. The van der Waals surface area contributed by atoms with Crippen LogP contribution in [0.25, 0.3) is 0 Å². The molecular formula is C19H20N2O4S. The van der Waals surface area contributed by atoms with E-state index in [0.29, 0.717) is 18.5 Å². The Morgan fingerprint density at radius 2 is 1.65 bits per heavy atom. The first-order valence-electron chi connectivity index (χ1n) is 8.38. The molecule has 1 N–H and O–H groups in total. The van der Waals surface area contributed by atoms with Crippen molar-refractivity contribution in [2.45, 2.75) is 29.0 Å². The molecule has 7 heteroatoms. The molecule has 0 spiro atoms. The molecule has 1 heterocycles. The molecule has 1 saturated heterocycles. The van der Waals surface area contributed by atoms with Crippen molar-refractivity contribution in [2.75, 3.05) is 11.9 Å². The first-order valence-corrected chi connectivity index (χ1v) is 9.93. The fourth-order valence-electron chi connectivity index (χ4n) is 3.17. The van der Waals surface area contributed by atoms with E-state index in [2.05, 4.69) is 5.32 Å². The molecule has 1 aliphatic heterocycles. The van der Waals surface area contributed by atoms with Gasteiger partial charge >= 0.3 is 0 Å². The number of hydrogen-bond acceptors (Lipinski definition) is 4. The molecule has 6 nitrogen and oxygen atoms in total. The van der Waals surface area contributed by atoms with Crippen LogP contribution < -0.4 is 5.32 Å². The van der Waals surface area contributed by atoms with E-state index in [0.717, 1.165) is 0 Å². The van der Waals surface area contributed by atoms with E-state index >= 15 is 0 Å². The molecule has 2 atom stereocenters. The van der Waals surface area contributed by atoms with Gasteiger partial charge in [0.1, 0.15) is 6.04 Å². The van der Waals surface area contributed by atoms with Crippen LogP contribution in [0, 0.1) is 0 Å². The summed E-state index contributed by atoms with van der Waals surface area (Å²) < 4.78 is 25.7. The van der Waals surface area contributed by atoms with Crippen molar-refractivity contribution in [3.63, 3.8) is 0 Å². The second-order valence-electron chi connectivity index (χ2n) is 6.22. The minimum absolute atomic E-state index is 0.0780. The maximum absolute atomic E-state index is 12.9. The molecule has 2 aromatic carbocycles. The summed E-state index contributed by atoms with van der Waals surface area (Å²) in [7, 11) is -3.56. The van der Waals surface area contributed by atoms with Crippen LogP contribution >= 0.6 is 0 Å². The summed E-state index contributed by atoms with van der Waals surface area (Å²) in [5.41, 5.74) is 0.608. The summed E-state index contributed by atoms with van der Waals surface area (Å²) in [6, 6.07) is 16.3. The quantitative estimate of drug-likeness (QED) is 0.815. The zero-order valence-corrected chi connectivity index (χ0v) is 14.9. The largest absolute Gasteiger partial charge is 0.333 e. The number of piperidine rings is 1. The molecule has 1 aliphatic rings. The average molecular weight is 372 g/mol. The third-order valence-electron chi connectivity index (χ3n) is 4.59. The molecule has 3 rings (SSSR count). The molecule has 2 amide bonds. The fourth-order valence-corrected chi connectivity index (χ4v) is 4.94. The number of anilines is 1. The Morgan fingerprint density at radius 3 is 2.27 bits per heavy atom. The second-order valence-corrected chi connectivity index (χ2v) is 8.45. The van der Waals surface area contributed by atoms with Gasteiger partial charge in [0.2, 0.25) is 12.3 Å². The molecule has 0 aliphatic carbocycles. The summed E-state index contributed by atoms with van der Waals surface area (Å²) in [6.07, 6.45) is 1.00. The first-order chi connectivity index (χ1) is 12.5. The smallest absolute Gasteiger partial charge is 0.247 e. The summed E-state index contributed by atoms with van der Waals surface area (Å²) in [5, 5.41) is 2.05. The molecule has 1 unspecified atom stereocenters. The predicted molar refractivity (Wildman–Crippen MR) is 98.3 cm³/mol. The molecule has 136 valence electrons. The molecule has 1 fully saturated rings. The highest BCUT2D eigenvalue weighted by molar-refractivity contribution is 7.92. The average Bonchev–Trinajstić information content (AvgIpc) is 2.69. The topological polar surface area (TPSA) is 83.6 Å². The standard InChI is InChI=1S/C19H20N2O4S/c22-14-21-12-11-17(26(24,25)16-9-5-2-6-10-16)13-18(21)19(23)20-15-7-3-1-4-8-15/h1-10,14,17-18H,11-13H2,(H,20,23)/t17?,18-/m0/s1. The molecule has 0 radical (unpaired) electrons. The number of para-hydroxylation sites is 1. The minimum atomic E-state index is -3.56. The number of nitrogens with one attached hydrogen (secondary N) is 1. The van der Waals surface area contributed by atoms with Crippen molar-refractivity contribution in [1.29, 1.82) is 0 Å². The van der Waals surface area contributed by atoms with Crippen LogP contribution in [0.5, 0.6) is 0 Å². The number of benzene rings is 2. The second kappa shape index (κ2) is 7.70. The van der Waals surface area contributed by atoms with Gasteiger partial charge in [-0.1, -0.05) is 36.4 Å². The highest BCUT2D eigenvalue weighted by Crippen LogP contribution is 2.28. The normalized spacial score (nSPS) is 20.4. The van der Waals surface area contributed by atoms with Crippen LogP contribution in [0.15, 0.2) is 65.6 Å². The maximum Gasteiger partial charge on any atom is 0.247 e. The number of sulfone groups is 1. The van der Waals surface area contributed by atoms with Gasteiger partial charge in [-0.3, -0.25) is 9.59 Å². The van der Waals surface area contributed by atoms with Crippen LogP contribution in [0.2, 0.25) is 0 Å². The van der Waals surface area contributed by atoms with Crippen LogP contribution in [0.3, 0.4) is 0 Å². The molecule has 26 heavy (non-hydrogen) atoms. The van der Waals surface area contributed by atoms with Gasteiger partial charge in [-0.25, -0.2) is 8.42 Å². The van der Waals surface area contributed by atoms with Gasteiger partial charge in [-0.05, 0) is 37.1 Å².